The molecule has 0 saturated carbocycles. The summed E-state index contributed by atoms with van der Waals surface area (Å²) >= 11 is 3.37. The fraction of sp³-hybridized carbons (Fsp3) is 0.429. The Bertz CT molecular complexity index is 508. The Balaban J connectivity index is 2.69. The van der Waals surface area contributed by atoms with Crippen LogP contribution in [0.15, 0.2) is 22.7 Å². The van der Waals surface area contributed by atoms with Crippen molar-refractivity contribution in [1.29, 1.82) is 0 Å². The van der Waals surface area contributed by atoms with Crippen LogP contribution in [0.4, 0.5) is 10.5 Å². The zero-order valence-corrected chi connectivity index (χ0v) is 13.6. The third kappa shape index (κ3) is 5.73. The Hall–Kier alpha value is -1.60. The van der Waals surface area contributed by atoms with Gasteiger partial charge in [0.15, 0.2) is 0 Å². The van der Waals surface area contributed by atoms with Crippen molar-refractivity contribution in [3.63, 3.8) is 0 Å². The number of halogens is 1. The number of ether oxygens (including phenoxy) is 1. The molecule has 0 spiro atoms. The van der Waals surface area contributed by atoms with Crippen molar-refractivity contribution >= 4 is 33.6 Å². The maximum Gasteiger partial charge on any atom is 0.326 e. The molecule has 0 radical (unpaired) electrons. The van der Waals surface area contributed by atoms with Gasteiger partial charge in [0.1, 0.15) is 6.04 Å². The first-order chi connectivity index (χ1) is 9.97. The van der Waals surface area contributed by atoms with Crippen LogP contribution in [0.3, 0.4) is 0 Å². The molecule has 0 aliphatic carbocycles. The van der Waals surface area contributed by atoms with Crippen LogP contribution >= 0.6 is 15.9 Å². The number of carboxylic acid groups (broad SMARTS) is 1. The minimum absolute atomic E-state index is 0.209. The molecule has 0 aliphatic rings. The Morgan fingerprint density at radius 2 is 2.14 bits per heavy atom. The lowest BCUT2D eigenvalue weighted by Crippen LogP contribution is -2.43. The number of carboxylic acids is 1. The highest BCUT2D eigenvalue weighted by Gasteiger charge is 2.19. The van der Waals surface area contributed by atoms with Gasteiger partial charge in [-0.3, -0.25) is 0 Å². The summed E-state index contributed by atoms with van der Waals surface area (Å²) in [6.07, 6.45) is 0.960. The molecule has 0 aromatic heterocycles. The van der Waals surface area contributed by atoms with Crippen molar-refractivity contribution in [3.8, 4) is 0 Å². The van der Waals surface area contributed by atoms with E-state index in [0.717, 1.165) is 16.5 Å². The summed E-state index contributed by atoms with van der Waals surface area (Å²) in [7, 11) is 1.48. The van der Waals surface area contributed by atoms with E-state index in [9.17, 15) is 9.59 Å². The summed E-state index contributed by atoms with van der Waals surface area (Å²) < 4.78 is 5.76. The Morgan fingerprint density at radius 1 is 1.43 bits per heavy atom. The van der Waals surface area contributed by atoms with Gasteiger partial charge in [0.25, 0.3) is 0 Å². The van der Waals surface area contributed by atoms with Gasteiger partial charge >= 0.3 is 12.0 Å². The lowest BCUT2D eigenvalue weighted by atomic mass is 10.1. The second-order valence-corrected chi connectivity index (χ2v) is 5.34. The number of hydrogen-bond acceptors (Lipinski definition) is 3. The number of amides is 2. The van der Waals surface area contributed by atoms with Crippen LogP contribution in [0.25, 0.3) is 0 Å². The van der Waals surface area contributed by atoms with E-state index in [1.807, 2.05) is 19.1 Å². The van der Waals surface area contributed by atoms with E-state index >= 15 is 0 Å². The number of carbonyl (C=O) groups is 2. The Morgan fingerprint density at radius 3 is 2.71 bits per heavy atom. The Kier molecular flexibility index (Phi) is 7.18. The quantitative estimate of drug-likeness (QED) is 0.698. The highest BCUT2D eigenvalue weighted by Crippen LogP contribution is 2.21. The van der Waals surface area contributed by atoms with Gasteiger partial charge in [0.05, 0.1) is 0 Å². The fourth-order valence-electron chi connectivity index (χ4n) is 1.79. The van der Waals surface area contributed by atoms with Gasteiger partial charge in [-0.2, -0.15) is 0 Å². The summed E-state index contributed by atoms with van der Waals surface area (Å²) in [4.78, 5) is 23.0. The van der Waals surface area contributed by atoms with E-state index in [4.69, 9.17) is 9.84 Å². The number of methoxy groups -OCH3 is 1. The van der Waals surface area contributed by atoms with Gasteiger partial charge in [0.2, 0.25) is 0 Å². The molecule has 0 heterocycles. The molecule has 6 nitrogen and oxygen atoms in total. The second-order valence-electron chi connectivity index (χ2n) is 4.43. The predicted octanol–water partition coefficient (Wildman–Crippen LogP) is 2.62. The smallest absolute Gasteiger partial charge is 0.326 e. The first-order valence-electron chi connectivity index (χ1n) is 6.55. The second kappa shape index (κ2) is 8.63. The average molecular weight is 359 g/mol. The van der Waals surface area contributed by atoms with Gasteiger partial charge in [-0.05, 0) is 30.2 Å². The number of nitrogens with one attached hydrogen (secondary N) is 2. The van der Waals surface area contributed by atoms with Gasteiger partial charge in [-0.1, -0.05) is 22.9 Å². The molecule has 116 valence electrons. The van der Waals surface area contributed by atoms with Gasteiger partial charge in [-0.15, -0.1) is 0 Å². The van der Waals surface area contributed by atoms with Crippen LogP contribution in [0.2, 0.25) is 0 Å². The fourth-order valence-corrected chi connectivity index (χ4v) is 2.19. The Labute approximate surface area is 132 Å². The summed E-state index contributed by atoms with van der Waals surface area (Å²) in [5.41, 5.74) is 1.62. The van der Waals surface area contributed by atoms with E-state index in [1.54, 1.807) is 6.07 Å². The molecule has 1 atom stereocenters. The molecule has 1 aromatic carbocycles. The summed E-state index contributed by atoms with van der Waals surface area (Å²) in [5, 5.41) is 14.1. The molecular weight excluding hydrogens is 340 g/mol. The molecule has 0 saturated heterocycles. The number of carbonyl (C=O) groups excluding carboxylic acids is 1. The molecule has 1 unspecified atom stereocenters. The molecule has 0 bridgehead atoms. The zero-order chi connectivity index (χ0) is 15.8. The molecule has 1 rings (SSSR count). The lowest BCUT2D eigenvalue weighted by Gasteiger charge is -2.16. The topological polar surface area (TPSA) is 87.7 Å². The van der Waals surface area contributed by atoms with Gasteiger partial charge in [0, 0.05) is 30.3 Å². The van der Waals surface area contributed by atoms with Crippen LogP contribution in [0.1, 0.15) is 18.9 Å². The van der Waals surface area contributed by atoms with Gasteiger partial charge in [-0.25, -0.2) is 9.59 Å². The molecule has 3 N–H and O–H groups in total. The number of rotatable bonds is 7. The minimum Gasteiger partial charge on any atom is -0.480 e. The summed E-state index contributed by atoms with van der Waals surface area (Å²) in [6, 6.07) is 3.97. The molecule has 0 fully saturated rings. The van der Waals surface area contributed by atoms with Crippen molar-refractivity contribution in [1.82, 2.24) is 5.32 Å². The summed E-state index contributed by atoms with van der Waals surface area (Å²) in [5.74, 6) is -1.09. The van der Waals surface area contributed by atoms with Gasteiger partial charge < -0.3 is 20.5 Å². The van der Waals surface area contributed by atoms with Crippen molar-refractivity contribution in [2.45, 2.75) is 25.8 Å². The number of benzene rings is 1. The number of urea groups is 1. The molecule has 21 heavy (non-hydrogen) atoms. The SMILES string of the molecule is CCc1cc(Br)ccc1NC(=O)NC(CCOC)C(=O)O. The number of anilines is 1. The van der Waals surface area contributed by atoms with Crippen LogP contribution < -0.4 is 10.6 Å². The highest BCUT2D eigenvalue weighted by atomic mass is 79.9. The van der Waals surface area contributed by atoms with Crippen LogP contribution in [0, 0.1) is 0 Å². The first-order valence-corrected chi connectivity index (χ1v) is 7.35. The average Bonchev–Trinajstić information content (AvgIpc) is 2.44. The maximum atomic E-state index is 11.9. The third-order valence-electron chi connectivity index (χ3n) is 2.91. The number of aliphatic carboxylic acids is 1. The van der Waals surface area contributed by atoms with Crippen LogP contribution in [-0.4, -0.2) is 36.9 Å². The number of aryl methyl sites for hydroxylation is 1. The monoisotopic (exact) mass is 358 g/mol. The molecule has 1 aromatic rings. The van der Waals surface area contributed by atoms with E-state index in [0.29, 0.717) is 5.69 Å². The lowest BCUT2D eigenvalue weighted by molar-refractivity contribution is -0.139. The van der Waals surface area contributed by atoms with E-state index in [1.165, 1.54) is 7.11 Å². The first kappa shape index (κ1) is 17.5. The normalized spacial score (nSPS) is 11.8. The maximum absolute atomic E-state index is 11.9. The predicted molar refractivity (Wildman–Crippen MR) is 83.6 cm³/mol. The standard InChI is InChI=1S/C14H19BrN2O4/c1-3-9-8-10(15)4-5-11(9)16-14(20)17-12(13(18)19)6-7-21-2/h4-5,8,12H,3,6-7H2,1-2H3,(H,18,19)(H2,16,17,20). The molecular formula is C14H19BrN2O4. The largest absolute Gasteiger partial charge is 0.480 e. The van der Waals surface area contributed by atoms with Crippen molar-refractivity contribution < 1.29 is 19.4 Å². The van der Waals surface area contributed by atoms with Crippen LogP contribution in [0.5, 0.6) is 0 Å². The zero-order valence-electron chi connectivity index (χ0n) is 12.0. The van der Waals surface area contributed by atoms with Crippen molar-refractivity contribution in [3.05, 3.63) is 28.2 Å². The van der Waals surface area contributed by atoms with Crippen molar-refractivity contribution in [2.75, 3.05) is 19.0 Å². The van der Waals surface area contributed by atoms with E-state index in [2.05, 4.69) is 26.6 Å². The minimum atomic E-state index is -1.09. The third-order valence-corrected chi connectivity index (χ3v) is 3.40. The summed E-state index contributed by atoms with van der Waals surface area (Å²) in [6.45, 7) is 2.24. The van der Waals surface area contributed by atoms with E-state index < -0.39 is 18.0 Å². The molecule has 2 amide bonds. The highest BCUT2D eigenvalue weighted by molar-refractivity contribution is 9.10. The molecule has 7 heteroatoms. The van der Waals surface area contributed by atoms with Crippen molar-refractivity contribution in [2.24, 2.45) is 0 Å². The van der Waals surface area contributed by atoms with Crippen LogP contribution in [-0.2, 0) is 16.0 Å². The number of hydrogen-bond donors (Lipinski definition) is 3. The van der Waals surface area contributed by atoms with E-state index in [-0.39, 0.29) is 13.0 Å². The molecule has 0 aliphatic heterocycles.